The number of para-hydroxylation sites is 1. The van der Waals surface area contributed by atoms with Crippen molar-refractivity contribution < 1.29 is 29.1 Å². The molecule has 0 aliphatic carbocycles. The number of hydrogen-bond acceptors (Lipinski definition) is 7. The fourth-order valence-corrected chi connectivity index (χ4v) is 4.26. The molecule has 15 heteroatoms. The Hall–Kier alpha value is -4.66. The Morgan fingerprint density at radius 1 is 0.929 bits per heavy atom. The average molecular weight is 588 g/mol. The molecule has 0 saturated heterocycles. The molecule has 0 bridgehead atoms. The van der Waals surface area contributed by atoms with Gasteiger partial charge in [0.2, 0.25) is 23.6 Å². The van der Waals surface area contributed by atoms with Crippen LogP contribution in [0.15, 0.2) is 35.5 Å². The zero-order valence-corrected chi connectivity index (χ0v) is 23.8. The highest BCUT2D eigenvalue weighted by Crippen LogP contribution is 2.19. The minimum absolute atomic E-state index is 0.0344. The third kappa shape index (κ3) is 10.4. The molecule has 2 rings (SSSR count). The van der Waals surface area contributed by atoms with E-state index in [1.165, 1.54) is 0 Å². The summed E-state index contributed by atoms with van der Waals surface area (Å²) in [6, 6.07) is 2.66. The number of rotatable bonds is 17. The lowest BCUT2D eigenvalue weighted by Gasteiger charge is -2.27. The first kappa shape index (κ1) is 33.5. The second-order valence-electron chi connectivity index (χ2n) is 10.3. The van der Waals surface area contributed by atoms with E-state index >= 15 is 0 Å². The molecule has 0 spiro atoms. The Balaban J connectivity index is 2.13. The number of aromatic amines is 1. The number of nitrogens with two attached hydrogens (primary N) is 4. The van der Waals surface area contributed by atoms with Crippen molar-refractivity contribution in [2.24, 2.45) is 33.8 Å². The molecule has 13 N–H and O–H groups in total. The van der Waals surface area contributed by atoms with Crippen molar-refractivity contribution in [2.45, 2.75) is 70.1 Å². The molecule has 4 atom stereocenters. The van der Waals surface area contributed by atoms with Gasteiger partial charge in [-0.15, -0.1) is 0 Å². The number of carbonyl (C=O) groups is 5. The van der Waals surface area contributed by atoms with Crippen molar-refractivity contribution >= 4 is 46.5 Å². The maximum Gasteiger partial charge on any atom is 0.326 e. The molecule has 1 aromatic heterocycles. The van der Waals surface area contributed by atoms with Crippen molar-refractivity contribution in [3.63, 3.8) is 0 Å². The molecule has 0 fully saturated rings. The van der Waals surface area contributed by atoms with Crippen molar-refractivity contribution in [3.8, 4) is 0 Å². The number of benzene rings is 1. The molecule has 4 amide bonds. The van der Waals surface area contributed by atoms with Crippen LogP contribution < -0.4 is 38.9 Å². The van der Waals surface area contributed by atoms with Gasteiger partial charge in [0.15, 0.2) is 5.96 Å². The third-order valence-corrected chi connectivity index (χ3v) is 6.58. The number of hydrogen-bond donors (Lipinski definition) is 9. The predicted molar refractivity (Wildman–Crippen MR) is 157 cm³/mol. The van der Waals surface area contributed by atoms with Gasteiger partial charge in [0.05, 0.1) is 6.04 Å². The number of carboxylic acids is 1. The number of H-pyrrole nitrogens is 1. The van der Waals surface area contributed by atoms with E-state index < -0.39 is 59.7 Å². The van der Waals surface area contributed by atoms with E-state index in [9.17, 15) is 29.1 Å². The van der Waals surface area contributed by atoms with Crippen LogP contribution in [0, 0.1) is 5.92 Å². The lowest BCUT2D eigenvalue weighted by molar-refractivity contribution is -0.142. The smallest absolute Gasteiger partial charge is 0.326 e. The highest BCUT2D eigenvalue weighted by atomic mass is 16.4. The van der Waals surface area contributed by atoms with Crippen LogP contribution >= 0.6 is 0 Å². The first-order valence-electron chi connectivity index (χ1n) is 13.6. The van der Waals surface area contributed by atoms with Gasteiger partial charge in [0, 0.05) is 36.5 Å². The Morgan fingerprint density at radius 2 is 1.60 bits per heavy atom. The zero-order chi connectivity index (χ0) is 31.4. The minimum Gasteiger partial charge on any atom is -0.480 e. The van der Waals surface area contributed by atoms with E-state index in [2.05, 4.69) is 25.9 Å². The van der Waals surface area contributed by atoms with Crippen molar-refractivity contribution in [3.05, 3.63) is 36.0 Å². The van der Waals surface area contributed by atoms with Crippen LogP contribution in [0.1, 0.15) is 45.1 Å². The van der Waals surface area contributed by atoms with Gasteiger partial charge < -0.3 is 49.0 Å². The third-order valence-electron chi connectivity index (χ3n) is 6.58. The SMILES string of the molecule is CC(C)C(NC(=O)C(N)CCCN=C(N)N)C(=O)NC(CCC(N)=O)C(=O)NC(Cc1c[nH]c2ccccc12)C(=O)O. The van der Waals surface area contributed by atoms with Crippen LogP contribution in [-0.4, -0.2) is 76.4 Å². The number of aromatic nitrogens is 1. The van der Waals surface area contributed by atoms with Crippen LogP contribution in [-0.2, 0) is 30.4 Å². The van der Waals surface area contributed by atoms with E-state index in [1.54, 1.807) is 20.0 Å². The lowest BCUT2D eigenvalue weighted by atomic mass is 10.0. The van der Waals surface area contributed by atoms with Gasteiger partial charge >= 0.3 is 5.97 Å². The van der Waals surface area contributed by atoms with Gasteiger partial charge in [-0.2, -0.15) is 0 Å². The Labute approximate surface area is 243 Å². The predicted octanol–water partition coefficient (Wildman–Crippen LogP) is -1.45. The first-order valence-corrected chi connectivity index (χ1v) is 13.6. The summed E-state index contributed by atoms with van der Waals surface area (Å²) in [6.45, 7) is 3.66. The van der Waals surface area contributed by atoms with Crippen molar-refractivity contribution in [2.75, 3.05) is 6.54 Å². The van der Waals surface area contributed by atoms with Gasteiger partial charge in [-0.3, -0.25) is 24.2 Å². The highest BCUT2D eigenvalue weighted by molar-refractivity contribution is 5.94. The van der Waals surface area contributed by atoms with E-state index in [0.29, 0.717) is 12.0 Å². The van der Waals surface area contributed by atoms with E-state index in [-0.39, 0.29) is 38.2 Å². The van der Waals surface area contributed by atoms with Gasteiger partial charge in [0.1, 0.15) is 18.1 Å². The Kier molecular flexibility index (Phi) is 12.7. The summed E-state index contributed by atoms with van der Waals surface area (Å²) in [7, 11) is 0. The summed E-state index contributed by atoms with van der Waals surface area (Å²) in [4.78, 5) is 69.6. The zero-order valence-electron chi connectivity index (χ0n) is 23.8. The standard InChI is InChI=1S/C27H41N9O6/c1-14(2)22(36-23(38)17(28)7-5-11-32-27(30)31)25(40)34-19(9-10-21(29)37)24(39)35-20(26(41)42)12-15-13-33-18-8-4-3-6-16(15)18/h3-4,6,8,13-14,17,19-20,22,33H,5,7,9-12,28H2,1-2H3,(H2,29,37)(H,34,40)(H,35,39)(H,36,38)(H,41,42)(H4,30,31,32). The molecule has 4 unspecified atom stereocenters. The van der Waals surface area contributed by atoms with Crippen molar-refractivity contribution in [1.82, 2.24) is 20.9 Å². The molecular formula is C27H41N9O6. The Morgan fingerprint density at radius 3 is 2.21 bits per heavy atom. The number of aliphatic carboxylic acids is 1. The number of fused-ring (bicyclic) bond motifs is 1. The summed E-state index contributed by atoms with van der Waals surface area (Å²) in [5.74, 6) is -4.59. The summed E-state index contributed by atoms with van der Waals surface area (Å²) in [6.07, 6.45) is 1.89. The molecular weight excluding hydrogens is 546 g/mol. The molecule has 230 valence electrons. The molecule has 0 radical (unpaired) electrons. The van der Waals surface area contributed by atoms with Crippen LogP contribution in [0.2, 0.25) is 0 Å². The maximum absolute atomic E-state index is 13.2. The topological polar surface area (TPSA) is 274 Å². The van der Waals surface area contributed by atoms with Crippen LogP contribution in [0.5, 0.6) is 0 Å². The van der Waals surface area contributed by atoms with Gasteiger partial charge in [-0.1, -0.05) is 32.0 Å². The molecule has 15 nitrogen and oxygen atoms in total. The number of amides is 4. The summed E-state index contributed by atoms with van der Waals surface area (Å²) in [5.41, 5.74) is 23.3. The van der Waals surface area contributed by atoms with Gasteiger partial charge in [-0.25, -0.2) is 4.79 Å². The number of carboxylic acid groups (broad SMARTS) is 1. The normalized spacial score (nSPS) is 13.9. The molecule has 0 saturated carbocycles. The molecule has 1 heterocycles. The second-order valence-corrected chi connectivity index (χ2v) is 10.3. The van der Waals surface area contributed by atoms with Crippen LogP contribution in [0.4, 0.5) is 0 Å². The highest BCUT2D eigenvalue weighted by Gasteiger charge is 2.32. The number of guanidine groups is 1. The number of primary amides is 1. The summed E-state index contributed by atoms with van der Waals surface area (Å²) >= 11 is 0. The van der Waals surface area contributed by atoms with Crippen LogP contribution in [0.3, 0.4) is 0 Å². The van der Waals surface area contributed by atoms with Gasteiger partial charge in [-0.05, 0) is 36.8 Å². The van der Waals surface area contributed by atoms with E-state index in [1.807, 2.05) is 24.3 Å². The molecule has 42 heavy (non-hydrogen) atoms. The molecule has 1 aromatic carbocycles. The lowest BCUT2D eigenvalue weighted by Crippen LogP contribution is -2.58. The van der Waals surface area contributed by atoms with E-state index in [4.69, 9.17) is 22.9 Å². The van der Waals surface area contributed by atoms with Crippen LogP contribution in [0.25, 0.3) is 10.9 Å². The fraction of sp³-hybridized carbons (Fsp3) is 0.481. The molecule has 0 aliphatic heterocycles. The monoisotopic (exact) mass is 587 g/mol. The average Bonchev–Trinajstić information content (AvgIpc) is 3.33. The maximum atomic E-state index is 13.2. The molecule has 2 aromatic rings. The first-order chi connectivity index (χ1) is 19.8. The summed E-state index contributed by atoms with van der Waals surface area (Å²) < 4.78 is 0. The number of nitrogens with one attached hydrogen (secondary N) is 4. The number of aliphatic imine (C=N–C) groups is 1. The molecule has 0 aliphatic rings. The largest absolute Gasteiger partial charge is 0.480 e. The van der Waals surface area contributed by atoms with Crippen molar-refractivity contribution in [1.29, 1.82) is 0 Å². The number of carbonyl (C=O) groups excluding carboxylic acids is 4. The van der Waals surface area contributed by atoms with E-state index in [0.717, 1.165) is 10.9 Å². The minimum atomic E-state index is -1.33. The number of nitrogens with zero attached hydrogens (tertiary/aromatic N) is 1. The fourth-order valence-electron chi connectivity index (χ4n) is 4.26. The summed E-state index contributed by atoms with van der Waals surface area (Å²) in [5, 5.41) is 18.2. The Bertz CT molecular complexity index is 1290. The quantitative estimate of drug-likeness (QED) is 0.0594. The second kappa shape index (κ2) is 16.0. The van der Waals surface area contributed by atoms with Gasteiger partial charge in [0.25, 0.3) is 0 Å².